The Balaban J connectivity index is 3.89. The second-order valence-corrected chi connectivity index (χ2v) is 3.10. The molecule has 0 aliphatic rings. The van der Waals surface area contributed by atoms with E-state index in [0.29, 0.717) is 24.6 Å². The fourth-order valence-electron chi connectivity index (χ4n) is 0.798. The fourth-order valence-corrected chi connectivity index (χ4v) is 1.28. The molecule has 1 amide bonds. The summed E-state index contributed by atoms with van der Waals surface area (Å²) in [5, 5.41) is 0. The third kappa shape index (κ3) is 4.82. The second-order valence-electron chi connectivity index (χ2n) is 2.21. The van der Waals surface area contributed by atoms with Crippen molar-refractivity contribution in [3.8, 4) is 0 Å². The Morgan fingerprint density at radius 1 is 1.33 bits per heavy atom. The van der Waals surface area contributed by atoms with Gasteiger partial charge in [0.15, 0.2) is 0 Å². The molecule has 3 nitrogen and oxygen atoms in total. The van der Waals surface area contributed by atoms with Crippen LogP contribution in [0.15, 0.2) is 4.90 Å². The number of carbonyl (C=O) groups is 1. The average Bonchev–Trinajstić information content (AvgIpc) is 2.04. The van der Waals surface area contributed by atoms with Gasteiger partial charge in [-0.2, -0.15) is 0 Å². The van der Waals surface area contributed by atoms with Gasteiger partial charge in [-0.25, -0.2) is 0 Å². The number of amides is 1. The predicted molar refractivity (Wildman–Crippen MR) is 58.7 cm³/mol. The SMILES string of the molecule is B=NCC(=O)N(CCS)CCS. The molecular weight excluding hydrogens is 191 g/mol. The van der Waals surface area contributed by atoms with Crippen molar-refractivity contribution in [2.24, 2.45) is 4.90 Å². The molecule has 0 bridgehead atoms. The molecule has 0 aromatic carbocycles. The molecule has 0 heterocycles. The molecule has 6 heteroatoms. The molecule has 0 aliphatic heterocycles. The molecule has 0 aliphatic carbocycles. The Bertz CT molecular complexity index is 150. The monoisotopic (exact) mass is 204 g/mol. The van der Waals surface area contributed by atoms with Gasteiger partial charge in [-0.05, 0) is 0 Å². The van der Waals surface area contributed by atoms with E-state index >= 15 is 0 Å². The maximum absolute atomic E-state index is 11.2. The number of hydrogen-bond acceptors (Lipinski definition) is 4. The van der Waals surface area contributed by atoms with Crippen LogP contribution in [0.2, 0.25) is 0 Å². The van der Waals surface area contributed by atoms with Crippen molar-refractivity contribution >= 4 is 38.8 Å². The van der Waals surface area contributed by atoms with Gasteiger partial charge in [0.25, 0.3) is 0 Å². The van der Waals surface area contributed by atoms with Gasteiger partial charge in [-0.15, -0.1) is 0 Å². The van der Waals surface area contributed by atoms with Crippen LogP contribution in [-0.4, -0.2) is 49.6 Å². The van der Waals surface area contributed by atoms with Crippen molar-refractivity contribution in [3.63, 3.8) is 0 Å². The van der Waals surface area contributed by atoms with E-state index in [9.17, 15) is 4.79 Å². The van der Waals surface area contributed by atoms with Crippen LogP contribution in [0.25, 0.3) is 0 Å². The molecule has 0 saturated heterocycles. The van der Waals surface area contributed by atoms with Gasteiger partial charge in [0.1, 0.15) is 0 Å². The summed E-state index contributed by atoms with van der Waals surface area (Å²) >= 11 is 8.10. The first-order chi connectivity index (χ1) is 5.76. The molecule has 0 atom stereocenters. The molecular formula is C6H13BN2OS2. The molecule has 0 fully saturated rings. The predicted octanol–water partition coefficient (Wildman–Crippen LogP) is -0.241. The first-order valence-corrected chi connectivity index (χ1v) is 4.94. The van der Waals surface area contributed by atoms with Crippen LogP contribution >= 0.6 is 25.3 Å². The van der Waals surface area contributed by atoms with E-state index in [4.69, 9.17) is 0 Å². The van der Waals surface area contributed by atoms with Crippen molar-refractivity contribution < 1.29 is 4.79 Å². The first kappa shape index (κ1) is 12.0. The van der Waals surface area contributed by atoms with Gasteiger partial charge >= 0.3 is 84.5 Å². The topological polar surface area (TPSA) is 32.7 Å². The molecule has 0 saturated carbocycles. The molecule has 0 rings (SSSR count). The van der Waals surface area contributed by atoms with E-state index in [1.807, 2.05) is 0 Å². The first-order valence-electron chi connectivity index (χ1n) is 3.68. The Hall–Kier alpha value is 0.0349. The van der Waals surface area contributed by atoms with Crippen LogP contribution in [0, 0.1) is 0 Å². The minimum atomic E-state index is -0.00639. The molecule has 68 valence electrons. The molecule has 0 unspecified atom stereocenters. The zero-order valence-electron chi connectivity index (χ0n) is 6.94. The Morgan fingerprint density at radius 3 is 2.17 bits per heavy atom. The molecule has 12 heavy (non-hydrogen) atoms. The van der Waals surface area contributed by atoms with Gasteiger partial charge in [0, 0.05) is 0 Å². The summed E-state index contributed by atoms with van der Waals surface area (Å²) in [4.78, 5) is 16.5. The van der Waals surface area contributed by atoms with Crippen molar-refractivity contribution in [1.82, 2.24) is 4.90 Å². The van der Waals surface area contributed by atoms with Gasteiger partial charge in [0.05, 0.1) is 0 Å². The van der Waals surface area contributed by atoms with Crippen molar-refractivity contribution in [3.05, 3.63) is 0 Å². The van der Waals surface area contributed by atoms with Crippen LogP contribution in [-0.2, 0) is 4.79 Å². The third-order valence-corrected chi connectivity index (χ3v) is 1.74. The number of nitrogens with zero attached hydrogens (tertiary/aromatic N) is 2. The number of hydrogen-bond donors (Lipinski definition) is 2. The van der Waals surface area contributed by atoms with Crippen molar-refractivity contribution in [2.75, 3.05) is 31.1 Å². The normalized spacial score (nSPS) is 9.42. The van der Waals surface area contributed by atoms with E-state index in [1.54, 1.807) is 4.90 Å². The summed E-state index contributed by atoms with van der Waals surface area (Å²) in [5.41, 5.74) is 0. The average molecular weight is 204 g/mol. The molecule has 0 spiro atoms. The molecule has 0 aromatic heterocycles. The summed E-state index contributed by atoms with van der Waals surface area (Å²) in [6.45, 7) is 1.46. The van der Waals surface area contributed by atoms with E-state index in [2.05, 4.69) is 37.8 Å². The molecule has 0 aromatic rings. The van der Waals surface area contributed by atoms with E-state index in [0.717, 1.165) is 0 Å². The Morgan fingerprint density at radius 2 is 1.83 bits per heavy atom. The van der Waals surface area contributed by atoms with Gasteiger partial charge in [-0.1, -0.05) is 0 Å². The maximum atomic E-state index is 11.2. The number of rotatable bonds is 6. The van der Waals surface area contributed by atoms with E-state index in [1.165, 1.54) is 0 Å². The zero-order chi connectivity index (χ0) is 9.40. The van der Waals surface area contributed by atoms with Crippen molar-refractivity contribution in [1.29, 1.82) is 0 Å². The van der Waals surface area contributed by atoms with Crippen molar-refractivity contribution in [2.45, 2.75) is 0 Å². The zero-order valence-corrected chi connectivity index (χ0v) is 8.73. The van der Waals surface area contributed by atoms with Gasteiger partial charge < -0.3 is 0 Å². The van der Waals surface area contributed by atoms with Crippen LogP contribution < -0.4 is 0 Å². The quantitative estimate of drug-likeness (QED) is 0.454. The standard InChI is InChI=1S/C6H13BN2OS2/c7-8-5-6(10)9(1-3-11)2-4-12/h7,11-12H,1-5H2. The minimum absolute atomic E-state index is 0.00639. The summed E-state index contributed by atoms with van der Waals surface area (Å²) in [6, 6.07) is 0. The fraction of sp³-hybridized carbons (Fsp3) is 0.833. The van der Waals surface area contributed by atoms with E-state index < -0.39 is 0 Å². The van der Waals surface area contributed by atoms with Crippen LogP contribution in [0.4, 0.5) is 0 Å². The molecule has 0 N–H and O–H groups in total. The Labute approximate surface area is 84.8 Å². The van der Waals surface area contributed by atoms with Crippen LogP contribution in [0.1, 0.15) is 0 Å². The second kappa shape index (κ2) is 7.67. The summed E-state index contributed by atoms with van der Waals surface area (Å²) < 4.78 is 0. The number of thiol groups is 2. The van der Waals surface area contributed by atoms with E-state index in [-0.39, 0.29) is 12.5 Å². The van der Waals surface area contributed by atoms with Crippen LogP contribution in [0.5, 0.6) is 0 Å². The third-order valence-electron chi connectivity index (χ3n) is 1.34. The van der Waals surface area contributed by atoms with Gasteiger partial charge in [-0.3, -0.25) is 0 Å². The van der Waals surface area contributed by atoms with Gasteiger partial charge in [0.2, 0.25) is 0 Å². The summed E-state index contributed by atoms with van der Waals surface area (Å²) in [5.74, 6) is 1.32. The summed E-state index contributed by atoms with van der Waals surface area (Å²) in [7, 11) is 3.27. The number of carbonyl (C=O) groups excluding carboxylic acids is 1. The molecule has 0 radical (unpaired) electrons. The Kier molecular flexibility index (Phi) is 7.69. The van der Waals surface area contributed by atoms with Crippen LogP contribution in [0.3, 0.4) is 0 Å². The summed E-state index contributed by atoms with van der Waals surface area (Å²) in [6.07, 6.45) is 0.